The highest BCUT2D eigenvalue weighted by molar-refractivity contribution is 6.32. The van der Waals surface area contributed by atoms with E-state index in [0.29, 0.717) is 5.56 Å². The molecule has 0 fully saturated rings. The van der Waals surface area contributed by atoms with E-state index in [-0.39, 0.29) is 34.8 Å². The van der Waals surface area contributed by atoms with Gasteiger partial charge >= 0.3 is 6.18 Å². The van der Waals surface area contributed by atoms with Gasteiger partial charge in [0.1, 0.15) is 5.75 Å². The van der Waals surface area contributed by atoms with Gasteiger partial charge in [-0.2, -0.15) is 18.2 Å². The molecule has 0 saturated heterocycles. The van der Waals surface area contributed by atoms with Crippen LogP contribution in [0.4, 0.5) is 18.9 Å². The van der Waals surface area contributed by atoms with Crippen LogP contribution in [0.3, 0.4) is 0 Å². The molecule has 0 unspecified atom stereocenters. The van der Waals surface area contributed by atoms with Gasteiger partial charge < -0.3 is 9.26 Å². The van der Waals surface area contributed by atoms with E-state index >= 15 is 0 Å². The molecule has 0 aliphatic heterocycles. The molecular formula is C16H9ClF3N3O4. The predicted molar refractivity (Wildman–Crippen MR) is 87.2 cm³/mol. The van der Waals surface area contributed by atoms with Crippen molar-refractivity contribution >= 4 is 17.3 Å². The topological polar surface area (TPSA) is 91.3 Å². The molecule has 0 aliphatic rings. The quantitative estimate of drug-likeness (QED) is 0.448. The van der Waals surface area contributed by atoms with Crippen molar-refractivity contribution < 1.29 is 27.4 Å². The smallest absolute Gasteiger partial charge is 0.416 e. The first kappa shape index (κ1) is 18.6. The van der Waals surface area contributed by atoms with Crippen molar-refractivity contribution in [1.82, 2.24) is 10.1 Å². The first-order valence-corrected chi connectivity index (χ1v) is 7.69. The monoisotopic (exact) mass is 399 g/mol. The van der Waals surface area contributed by atoms with E-state index in [1.165, 1.54) is 24.3 Å². The number of non-ortho nitro benzene ring substituents is 1. The van der Waals surface area contributed by atoms with Gasteiger partial charge in [-0.25, -0.2) is 0 Å². The van der Waals surface area contributed by atoms with E-state index in [1.807, 2.05) is 0 Å². The highest BCUT2D eigenvalue weighted by atomic mass is 35.5. The van der Waals surface area contributed by atoms with Crippen molar-refractivity contribution in [3.05, 3.63) is 69.1 Å². The van der Waals surface area contributed by atoms with Crippen LogP contribution < -0.4 is 4.74 Å². The van der Waals surface area contributed by atoms with Crippen LogP contribution in [0.25, 0.3) is 11.4 Å². The molecule has 1 aromatic heterocycles. The Morgan fingerprint density at radius 3 is 2.48 bits per heavy atom. The fraction of sp³-hybridized carbons (Fsp3) is 0.125. The fourth-order valence-electron chi connectivity index (χ4n) is 2.10. The summed E-state index contributed by atoms with van der Waals surface area (Å²) in [6.07, 6.45) is -4.43. The van der Waals surface area contributed by atoms with E-state index in [0.717, 1.165) is 18.2 Å². The van der Waals surface area contributed by atoms with Crippen LogP contribution in [0.2, 0.25) is 5.02 Å². The Hall–Kier alpha value is -3.14. The number of rotatable bonds is 5. The Labute approximate surface area is 154 Å². The minimum atomic E-state index is -4.43. The van der Waals surface area contributed by atoms with Crippen LogP contribution in [0.5, 0.6) is 5.75 Å². The SMILES string of the molecule is O=[N+]([O-])c1ccc(OCc2nc(-c3ccc(C(F)(F)F)cc3)no2)c(Cl)c1. The van der Waals surface area contributed by atoms with Crippen LogP contribution in [0.1, 0.15) is 11.5 Å². The first-order chi connectivity index (χ1) is 12.7. The molecule has 0 amide bonds. The van der Waals surface area contributed by atoms with Crippen molar-refractivity contribution in [3.8, 4) is 17.1 Å². The lowest BCUT2D eigenvalue weighted by Gasteiger charge is -2.06. The summed E-state index contributed by atoms with van der Waals surface area (Å²) in [5.41, 5.74) is -0.632. The summed E-state index contributed by atoms with van der Waals surface area (Å²) < 4.78 is 48.1. The Morgan fingerprint density at radius 2 is 1.89 bits per heavy atom. The Morgan fingerprint density at radius 1 is 1.19 bits per heavy atom. The molecule has 27 heavy (non-hydrogen) atoms. The van der Waals surface area contributed by atoms with E-state index in [1.54, 1.807) is 0 Å². The molecule has 0 spiro atoms. The Bertz CT molecular complexity index is 974. The zero-order chi connectivity index (χ0) is 19.6. The average molecular weight is 400 g/mol. The van der Waals surface area contributed by atoms with Crippen molar-refractivity contribution in [1.29, 1.82) is 0 Å². The van der Waals surface area contributed by atoms with Crippen molar-refractivity contribution in [2.45, 2.75) is 12.8 Å². The molecule has 0 atom stereocenters. The second-order valence-electron chi connectivity index (χ2n) is 5.25. The molecule has 3 rings (SSSR count). The summed E-state index contributed by atoms with van der Waals surface area (Å²) in [6, 6.07) is 7.97. The fourth-order valence-corrected chi connectivity index (χ4v) is 2.33. The minimum Gasteiger partial charge on any atom is -0.482 e. The summed E-state index contributed by atoms with van der Waals surface area (Å²) in [7, 11) is 0. The summed E-state index contributed by atoms with van der Waals surface area (Å²) in [6.45, 7) is -0.175. The van der Waals surface area contributed by atoms with Crippen LogP contribution in [0.15, 0.2) is 47.0 Å². The molecular weight excluding hydrogens is 391 g/mol. The van der Waals surface area contributed by atoms with Gasteiger partial charge in [0.05, 0.1) is 15.5 Å². The van der Waals surface area contributed by atoms with Crippen molar-refractivity contribution in [2.75, 3.05) is 0 Å². The summed E-state index contributed by atoms with van der Waals surface area (Å²) in [4.78, 5) is 14.1. The standard InChI is InChI=1S/C16H9ClF3N3O4/c17-12-7-11(23(24)25)5-6-13(12)26-8-14-21-15(22-27-14)9-1-3-10(4-2-9)16(18,19)20/h1-7H,8H2. The number of halogens is 4. The molecule has 7 nitrogen and oxygen atoms in total. The number of benzene rings is 2. The number of nitro groups is 1. The van der Waals surface area contributed by atoms with Gasteiger partial charge in [0, 0.05) is 17.7 Å². The van der Waals surface area contributed by atoms with Gasteiger partial charge in [-0.15, -0.1) is 0 Å². The Kier molecular flexibility index (Phi) is 5.00. The molecule has 11 heteroatoms. The van der Waals surface area contributed by atoms with Crippen LogP contribution >= 0.6 is 11.6 Å². The minimum absolute atomic E-state index is 0.0340. The zero-order valence-electron chi connectivity index (χ0n) is 13.2. The normalized spacial score (nSPS) is 11.4. The number of hydrogen-bond donors (Lipinski definition) is 0. The van der Waals surface area contributed by atoms with E-state index < -0.39 is 16.7 Å². The van der Waals surface area contributed by atoms with E-state index in [9.17, 15) is 23.3 Å². The van der Waals surface area contributed by atoms with Gasteiger partial charge in [0.25, 0.3) is 11.6 Å². The summed E-state index contributed by atoms with van der Waals surface area (Å²) in [5, 5.41) is 14.4. The number of ether oxygens (including phenoxy) is 1. The second kappa shape index (κ2) is 7.23. The average Bonchev–Trinajstić information content (AvgIpc) is 3.09. The maximum atomic E-state index is 12.6. The molecule has 2 aromatic carbocycles. The third kappa shape index (κ3) is 4.34. The van der Waals surface area contributed by atoms with Gasteiger partial charge in [-0.05, 0) is 18.2 Å². The molecule has 3 aromatic rings. The Balaban J connectivity index is 1.69. The molecule has 1 heterocycles. The van der Waals surface area contributed by atoms with Gasteiger partial charge in [-0.1, -0.05) is 28.9 Å². The molecule has 0 aliphatic carbocycles. The maximum absolute atomic E-state index is 12.6. The summed E-state index contributed by atoms with van der Waals surface area (Å²) in [5.74, 6) is 0.327. The van der Waals surface area contributed by atoms with Crippen molar-refractivity contribution in [2.24, 2.45) is 0 Å². The highest BCUT2D eigenvalue weighted by Crippen LogP contribution is 2.31. The largest absolute Gasteiger partial charge is 0.482 e. The van der Waals surface area contributed by atoms with Gasteiger partial charge in [0.2, 0.25) is 5.82 Å². The number of nitrogens with zero attached hydrogens (tertiary/aromatic N) is 3. The van der Waals surface area contributed by atoms with Crippen molar-refractivity contribution in [3.63, 3.8) is 0 Å². The van der Waals surface area contributed by atoms with Gasteiger partial charge in [-0.3, -0.25) is 10.1 Å². The number of nitro benzene ring substituents is 1. The van der Waals surface area contributed by atoms with Crippen LogP contribution in [0, 0.1) is 10.1 Å². The molecule has 0 N–H and O–H groups in total. The van der Waals surface area contributed by atoms with Crippen LogP contribution in [-0.2, 0) is 12.8 Å². The van der Waals surface area contributed by atoms with Gasteiger partial charge in [0.15, 0.2) is 6.61 Å². The third-order valence-corrected chi connectivity index (χ3v) is 3.71. The molecule has 0 radical (unpaired) electrons. The number of alkyl halides is 3. The maximum Gasteiger partial charge on any atom is 0.416 e. The molecule has 0 bridgehead atoms. The first-order valence-electron chi connectivity index (χ1n) is 7.31. The highest BCUT2D eigenvalue weighted by Gasteiger charge is 2.30. The lowest BCUT2D eigenvalue weighted by atomic mass is 10.1. The van der Waals surface area contributed by atoms with Crippen LogP contribution in [-0.4, -0.2) is 15.1 Å². The molecule has 0 saturated carbocycles. The predicted octanol–water partition coefficient (Wildman–Crippen LogP) is 4.90. The lowest BCUT2D eigenvalue weighted by molar-refractivity contribution is -0.384. The summed E-state index contributed by atoms with van der Waals surface area (Å²) >= 11 is 5.90. The number of aromatic nitrogens is 2. The number of hydrogen-bond acceptors (Lipinski definition) is 6. The van der Waals surface area contributed by atoms with E-state index in [4.69, 9.17) is 20.9 Å². The zero-order valence-corrected chi connectivity index (χ0v) is 14.0. The second-order valence-corrected chi connectivity index (χ2v) is 5.65. The lowest BCUT2D eigenvalue weighted by Crippen LogP contribution is -2.04. The third-order valence-electron chi connectivity index (χ3n) is 3.42. The molecule has 140 valence electrons. The van der Waals surface area contributed by atoms with E-state index in [2.05, 4.69) is 10.1 Å².